The maximum atomic E-state index is 14.0. The molecule has 2 heterocycles. The minimum absolute atomic E-state index is 0.0246. The Kier molecular flexibility index (Phi) is 3.81. The molecule has 0 saturated carbocycles. The van der Waals surface area contributed by atoms with E-state index in [1.54, 1.807) is 0 Å². The van der Waals surface area contributed by atoms with E-state index < -0.39 is 29.7 Å². The molecule has 0 fully saturated rings. The van der Waals surface area contributed by atoms with E-state index in [2.05, 4.69) is 20.0 Å². The fraction of sp³-hybridized carbons (Fsp3) is 0.214. The molecule has 3 rings (SSSR count). The van der Waals surface area contributed by atoms with Gasteiger partial charge in [0.25, 0.3) is 0 Å². The Balaban J connectivity index is 2.11. The highest BCUT2D eigenvalue weighted by atomic mass is 19.4. The van der Waals surface area contributed by atoms with E-state index in [1.165, 1.54) is 12.1 Å². The van der Waals surface area contributed by atoms with Crippen molar-refractivity contribution in [3.63, 3.8) is 0 Å². The summed E-state index contributed by atoms with van der Waals surface area (Å²) in [4.78, 5) is 0. The highest BCUT2D eigenvalue weighted by molar-refractivity contribution is 5.63. The molecule has 5 nitrogen and oxygen atoms in total. The molecule has 0 aliphatic rings. The zero-order chi connectivity index (χ0) is 18.4. The van der Waals surface area contributed by atoms with E-state index in [1.807, 2.05) is 0 Å². The quantitative estimate of drug-likeness (QED) is 0.663. The lowest BCUT2D eigenvalue weighted by atomic mass is 10.1. The second-order valence-corrected chi connectivity index (χ2v) is 5.09. The fourth-order valence-corrected chi connectivity index (χ4v) is 2.10. The smallest absolute Gasteiger partial charge is 0.406 e. The number of hydrogen-bond donors (Lipinski definition) is 0. The molecule has 0 unspecified atom stereocenters. The maximum absolute atomic E-state index is 14.0. The largest absolute Gasteiger partial charge is 0.573 e. The molecule has 0 aliphatic heterocycles. The molecule has 1 aromatic carbocycles. The van der Waals surface area contributed by atoms with Crippen LogP contribution < -0.4 is 4.74 Å². The van der Waals surface area contributed by atoms with Crippen molar-refractivity contribution >= 4 is 5.65 Å². The molecule has 3 aromatic rings. The summed E-state index contributed by atoms with van der Waals surface area (Å²) in [6, 6.07) is 4.77. The first-order valence-electron chi connectivity index (χ1n) is 6.71. The van der Waals surface area contributed by atoms with Crippen LogP contribution >= 0.6 is 0 Å². The first-order chi connectivity index (χ1) is 11.5. The van der Waals surface area contributed by atoms with Gasteiger partial charge in [-0.1, -0.05) is 0 Å². The van der Waals surface area contributed by atoms with Crippen molar-refractivity contribution in [2.75, 3.05) is 0 Å². The van der Waals surface area contributed by atoms with Crippen LogP contribution in [0.5, 0.6) is 5.75 Å². The topological polar surface area (TPSA) is 52.3 Å². The number of rotatable bonds is 3. The van der Waals surface area contributed by atoms with Gasteiger partial charge in [-0.05, 0) is 30.3 Å². The van der Waals surface area contributed by atoms with Crippen molar-refractivity contribution in [1.82, 2.24) is 19.8 Å². The molecule has 0 bridgehead atoms. The summed E-state index contributed by atoms with van der Waals surface area (Å²) in [7, 11) is 0. The average Bonchev–Trinajstić information content (AvgIpc) is 2.90. The summed E-state index contributed by atoms with van der Waals surface area (Å²) in [6.45, 7) is 0.580. The van der Waals surface area contributed by atoms with Gasteiger partial charge in [0.2, 0.25) is 5.82 Å². The van der Waals surface area contributed by atoms with E-state index in [-0.39, 0.29) is 16.9 Å². The number of aromatic nitrogens is 4. The molecule has 0 amide bonds. The second kappa shape index (κ2) is 5.60. The number of benzene rings is 1. The van der Waals surface area contributed by atoms with Crippen LogP contribution in [0, 0.1) is 5.82 Å². The number of alkyl halides is 5. The van der Waals surface area contributed by atoms with E-state index in [0.717, 1.165) is 18.2 Å². The molecular formula is C14H8F6N4O. The number of halogens is 6. The van der Waals surface area contributed by atoms with Crippen LogP contribution in [0.4, 0.5) is 26.3 Å². The van der Waals surface area contributed by atoms with Crippen molar-refractivity contribution in [3.8, 4) is 17.0 Å². The molecule has 0 radical (unpaired) electrons. The van der Waals surface area contributed by atoms with Gasteiger partial charge in [-0.25, -0.2) is 4.39 Å². The molecule has 0 aliphatic carbocycles. The first-order valence-corrected chi connectivity index (χ1v) is 6.71. The molecule has 0 atom stereocenters. The molecule has 0 N–H and O–H groups in total. The SMILES string of the molecule is CC(F)(F)c1nnc2ccc(-c3cc(OC(F)(F)F)ccc3F)nn12. The number of ether oxygens (including phenoxy) is 1. The second-order valence-electron chi connectivity index (χ2n) is 5.09. The molecule has 11 heteroatoms. The Hall–Kier alpha value is -2.85. The maximum Gasteiger partial charge on any atom is 0.573 e. The van der Waals surface area contributed by atoms with Gasteiger partial charge in [0.15, 0.2) is 5.65 Å². The highest BCUT2D eigenvalue weighted by Gasteiger charge is 2.33. The van der Waals surface area contributed by atoms with Crippen molar-refractivity contribution < 1.29 is 31.1 Å². The van der Waals surface area contributed by atoms with Crippen LogP contribution in [-0.2, 0) is 5.92 Å². The number of hydrogen-bond acceptors (Lipinski definition) is 4. The van der Waals surface area contributed by atoms with E-state index >= 15 is 0 Å². The van der Waals surface area contributed by atoms with Gasteiger partial charge in [-0.2, -0.15) is 18.4 Å². The molecule has 132 valence electrons. The third-order valence-corrected chi connectivity index (χ3v) is 3.10. The van der Waals surface area contributed by atoms with Gasteiger partial charge in [0.1, 0.15) is 11.6 Å². The summed E-state index contributed by atoms with van der Waals surface area (Å²) in [5.74, 6) is -5.73. The highest BCUT2D eigenvalue weighted by Crippen LogP contribution is 2.30. The van der Waals surface area contributed by atoms with Crippen LogP contribution in [0.15, 0.2) is 30.3 Å². The minimum atomic E-state index is -4.96. The molecule has 0 spiro atoms. The van der Waals surface area contributed by atoms with E-state index in [0.29, 0.717) is 11.4 Å². The molecule has 25 heavy (non-hydrogen) atoms. The van der Waals surface area contributed by atoms with Gasteiger partial charge >= 0.3 is 12.3 Å². The lowest BCUT2D eigenvalue weighted by Crippen LogP contribution is -2.17. The average molecular weight is 362 g/mol. The predicted octanol–water partition coefficient (Wildman–Crippen LogP) is 3.94. The Morgan fingerprint density at radius 3 is 2.36 bits per heavy atom. The van der Waals surface area contributed by atoms with E-state index in [9.17, 15) is 26.3 Å². The van der Waals surface area contributed by atoms with Crippen molar-refractivity contribution in [2.45, 2.75) is 19.2 Å². The Morgan fingerprint density at radius 1 is 1.00 bits per heavy atom. The van der Waals surface area contributed by atoms with Crippen LogP contribution in [-0.4, -0.2) is 26.2 Å². The fourth-order valence-electron chi connectivity index (χ4n) is 2.10. The van der Waals surface area contributed by atoms with Crippen molar-refractivity contribution in [3.05, 3.63) is 42.0 Å². The lowest BCUT2D eigenvalue weighted by Gasteiger charge is -2.11. The van der Waals surface area contributed by atoms with Gasteiger partial charge in [-0.3, -0.25) is 0 Å². The van der Waals surface area contributed by atoms with Crippen LogP contribution in [0.2, 0.25) is 0 Å². The summed E-state index contributed by atoms with van der Waals surface area (Å²) in [5.41, 5.74) is -0.575. The standard InChI is InChI=1S/C14H8F6N4O/c1-13(16,17)12-22-21-11-5-4-10(23-24(11)12)8-6-7(2-3-9(8)15)25-14(18,19)20/h2-6H,1H3. The first kappa shape index (κ1) is 17.0. The summed E-state index contributed by atoms with van der Waals surface area (Å²) in [5, 5.41) is 10.6. The third-order valence-electron chi connectivity index (χ3n) is 3.10. The van der Waals surface area contributed by atoms with Crippen LogP contribution in [0.25, 0.3) is 16.9 Å². The minimum Gasteiger partial charge on any atom is -0.406 e. The Labute approximate surface area is 135 Å². The van der Waals surface area contributed by atoms with E-state index in [4.69, 9.17) is 0 Å². The number of nitrogens with zero attached hydrogens (tertiary/aromatic N) is 4. The Bertz CT molecular complexity index is 931. The number of fused-ring (bicyclic) bond motifs is 1. The van der Waals surface area contributed by atoms with Gasteiger partial charge < -0.3 is 4.74 Å². The summed E-state index contributed by atoms with van der Waals surface area (Å²) in [6.07, 6.45) is -4.96. The van der Waals surface area contributed by atoms with Crippen molar-refractivity contribution in [1.29, 1.82) is 0 Å². The molecule has 0 saturated heterocycles. The third kappa shape index (κ3) is 3.49. The van der Waals surface area contributed by atoms with Crippen molar-refractivity contribution in [2.24, 2.45) is 0 Å². The zero-order valence-corrected chi connectivity index (χ0v) is 12.4. The summed E-state index contributed by atoms with van der Waals surface area (Å²) >= 11 is 0. The predicted molar refractivity (Wildman–Crippen MR) is 72.4 cm³/mol. The lowest BCUT2D eigenvalue weighted by molar-refractivity contribution is -0.274. The van der Waals surface area contributed by atoms with Crippen LogP contribution in [0.3, 0.4) is 0 Å². The molecular weight excluding hydrogens is 354 g/mol. The normalized spacial score (nSPS) is 12.6. The Morgan fingerprint density at radius 2 is 1.72 bits per heavy atom. The monoisotopic (exact) mass is 362 g/mol. The van der Waals surface area contributed by atoms with Gasteiger partial charge in [-0.15, -0.1) is 23.4 Å². The zero-order valence-electron chi connectivity index (χ0n) is 12.4. The van der Waals surface area contributed by atoms with Crippen LogP contribution in [0.1, 0.15) is 12.7 Å². The molecule has 2 aromatic heterocycles. The van der Waals surface area contributed by atoms with Gasteiger partial charge in [0.05, 0.1) is 5.69 Å². The van der Waals surface area contributed by atoms with Gasteiger partial charge in [0, 0.05) is 12.5 Å². The summed E-state index contributed by atoms with van der Waals surface area (Å²) < 4.78 is 82.3.